The third-order valence-electron chi connectivity index (χ3n) is 4.59. The van der Waals surface area contributed by atoms with Gasteiger partial charge in [0.15, 0.2) is 0 Å². The zero-order valence-corrected chi connectivity index (χ0v) is 16.0. The van der Waals surface area contributed by atoms with Gasteiger partial charge in [-0.3, -0.25) is 0 Å². The number of benzene rings is 1. The van der Waals surface area contributed by atoms with Crippen molar-refractivity contribution >= 4 is 0 Å². The summed E-state index contributed by atoms with van der Waals surface area (Å²) in [4.78, 5) is 0. The Morgan fingerprint density at radius 3 is 2.75 bits per heavy atom. The molecule has 0 aliphatic carbocycles. The van der Waals surface area contributed by atoms with Gasteiger partial charge in [-0.15, -0.1) is 0 Å². The molecule has 1 aromatic rings. The second kappa shape index (κ2) is 8.06. The van der Waals surface area contributed by atoms with Gasteiger partial charge in [-0.05, 0) is 57.2 Å². The zero-order chi connectivity index (χ0) is 17.7. The van der Waals surface area contributed by atoms with E-state index in [4.69, 9.17) is 14.2 Å². The fourth-order valence-electron chi connectivity index (χ4n) is 3.13. The summed E-state index contributed by atoms with van der Waals surface area (Å²) in [5.74, 6) is 2.38. The summed E-state index contributed by atoms with van der Waals surface area (Å²) in [6.45, 7) is 11.4. The lowest BCUT2D eigenvalue weighted by atomic mass is 10.00. The summed E-state index contributed by atoms with van der Waals surface area (Å²) >= 11 is 0. The number of methoxy groups -OCH3 is 1. The summed E-state index contributed by atoms with van der Waals surface area (Å²) in [5.41, 5.74) is 2.50. The molecule has 0 N–H and O–H groups in total. The van der Waals surface area contributed by atoms with Crippen LogP contribution in [-0.4, -0.2) is 25.4 Å². The van der Waals surface area contributed by atoms with Crippen LogP contribution in [-0.2, 0) is 11.2 Å². The molecule has 1 aliphatic heterocycles. The molecule has 0 spiro atoms. The quantitative estimate of drug-likeness (QED) is 0.614. The fraction of sp³-hybridized carbons (Fsp3) is 0.619. The minimum absolute atomic E-state index is 0.105. The van der Waals surface area contributed by atoms with Crippen molar-refractivity contribution in [2.24, 2.45) is 5.92 Å². The summed E-state index contributed by atoms with van der Waals surface area (Å²) < 4.78 is 17.3. The van der Waals surface area contributed by atoms with E-state index >= 15 is 0 Å². The number of hydrogen-bond acceptors (Lipinski definition) is 3. The lowest BCUT2D eigenvalue weighted by Crippen LogP contribution is -2.24. The van der Waals surface area contributed by atoms with E-state index in [2.05, 4.69) is 46.8 Å². The highest BCUT2D eigenvalue weighted by Crippen LogP contribution is 2.37. The van der Waals surface area contributed by atoms with Crippen LogP contribution in [0.1, 0.15) is 53.0 Å². The van der Waals surface area contributed by atoms with E-state index in [1.807, 2.05) is 12.1 Å². The summed E-state index contributed by atoms with van der Waals surface area (Å²) in [6, 6.07) is 6.15. The zero-order valence-electron chi connectivity index (χ0n) is 16.0. The Labute approximate surface area is 147 Å². The highest BCUT2D eigenvalue weighted by Gasteiger charge is 2.30. The highest BCUT2D eigenvalue weighted by atomic mass is 16.5. The van der Waals surface area contributed by atoms with Gasteiger partial charge in [0.2, 0.25) is 0 Å². The fourth-order valence-corrected chi connectivity index (χ4v) is 3.13. The maximum atomic E-state index is 5.95. The van der Waals surface area contributed by atoms with Crippen molar-refractivity contribution in [3.63, 3.8) is 0 Å². The normalized spacial score (nSPS) is 17.5. The Morgan fingerprint density at radius 2 is 2.08 bits per heavy atom. The number of fused-ring (bicyclic) bond motifs is 1. The lowest BCUT2D eigenvalue weighted by Gasteiger charge is -2.19. The Bertz CT molecular complexity index is 572. The number of hydrogen-bond donors (Lipinski definition) is 0. The summed E-state index contributed by atoms with van der Waals surface area (Å²) in [5, 5.41) is 0. The summed E-state index contributed by atoms with van der Waals surface area (Å²) in [6.07, 6.45) is 5.54. The molecular formula is C21H32O3. The van der Waals surface area contributed by atoms with E-state index in [1.165, 1.54) is 11.1 Å². The Morgan fingerprint density at radius 1 is 1.33 bits per heavy atom. The van der Waals surface area contributed by atoms with Crippen LogP contribution >= 0.6 is 0 Å². The number of ether oxygens (including phenoxy) is 3. The van der Waals surface area contributed by atoms with Crippen molar-refractivity contribution in [3.8, 4) is 11.5 Å². The molecule has 0 radical (unpaired) electrons. The van der Waals surface area contributed by atoms with Crippen molar-refractivity contribution in [3.05, 3.63) is 35.4 Å². The topological polar surface area (TPSA) is 27.7 Å². The van der Waals surface area contributed by atoms with Gasteiger partial charge in [0.1, 0.15) is 23.7 Å². The smallest absolute Gasteiger partial charge is 0.127 e. The van der Waals surface area contributed by atoms with Gasteiger partial charge in [0, 0.05) is 19.6 Å². The largest absolute Gasteiger partial charge is 0.489 e. The first-order chi connectivity index (χ1) is 11.3. The van der Waals surface area contributed by atoms with E-state index in [0.29, 0.717) is 18.6 Å². The molecule has 24 heavy (non-hydrogen) atoms. The molecule has 134 valence electrons. The monoisotopic (exact) mass is 332 g/mol. The molecule has 1 atom stereocenters. The maximum absolute atomic E-state index is 5.95. The van der Waals surface area contributed by atoms with Crippen molar-refractivity contribution in [2.75, 3.05) is 13.7 Å². The van der Waals surface area contributed by atoms with E-state index in [9.17, 15) is 0 Å². The van der Waals surface area contributed by atoms with Gasteiger partial charge >= 0.3 is 0 Å². The van der Waals surface area contributed by atoms with Crippen molar-refractivity contribution in [1.29, 1.82) is 0 Å². The third kappa shape index (κ3) is 5.27. The molecule has 0 amide bonds. The predicted octanol–water partition coefficient (Wildman–Crippen LogP) is 5.18. The molecule has 0 bridgehead atoms. The standard InChI is InChI=1S/C21H32O3/c1-15(2)19(22-6)10-7-16(3)11-12-23-18-9-8-17-14-21(4,5)24-20(17)13-18/h8-9,11,13,15,19H,7,10,12,14H2,1-6H3/b16-11+. The second-order valence-electron chi connectivity index (χ2n) is 7.73. The molecule has 1 unspecified atom stereocenters. The van der Waals surface area contributed by atoms with Crippen LogP contribution in [0.3, 0.4) is 0 Å². The van der Waals surface area contributed by atoms with Crippen LogP contribution in [0.5, 0.6) is 11.5 Å². The van der Waals surface area contributed by atoms with Gasteiger partial charge in [-0.1, -0.05) is 25.5 Å². The van der Waals surface area contributed by atoms with Gasteiger partial charge < -0.3 is 14.2 Å². The third-order valence-corrected chi connectivity index (χ3v) is 4.59. The molecule has 0 saturated carbocycles. The van der Waals surface area contributed by atoms with Gasteiger partial charge in [-0.2, -0.15) is 0 Å². The molecule has 3 nitrogen and oxygen atoms in total. The van der Waals surface area contributed by atoms with Crippen LogP contribution in [0.2, 0.25) is 0 Å². The first-order valence-corrected chi connectivity index (χ1v) is 8.94. The van der Waals surface area contributed by atoms with Crippen LogP contribution in [0.4, 0.5) is 0 Å². The average Bonchev–Trinajstić information content (AvgIpc) is 2.80. The van der Waals surface area contributed by atoms with Crippen LogP contribution in [0, 0.1) is 5.92 Å². The van der Waals surface area contributed by atoms with Crippen molar-refractivity contribution in [2.45, 2.75) is 65.6 Å². The maximum Gasteiger partial charge on any atom is 0.127 e. The van der Waals surface area contributed by atoms with Crippen molar-refractivity contribution < 1.29 is 14.2 Å². The Kier molecular flexibility index (Phi) is 6.34. The number of allylic oxidation sites excluding steroid dienone is 1. The molecule has 0 saturated heterocycles. The first kappa shape index (κ1) is 18.9. The Hall–Kier alpha value is -1.48. The van der Waals surface area contributed by atoms with Crippen molar-refractivity contribution in [1.82, 2.24) is 0 Å². The lowest BCUT2D eigenvalue weighted by molar-refractivity contribution is 0.0584. The molecule has 0 aromatic heterocycles. The van der Waals surface area contributed by atoms with E-state index in [1.54, 1.807) is 7.11 Å². The molecule has 0 fully saturated rings. The second-order valence-corrected chi connectivity index (χ2v) is 7.73. The minimum Gasteiger partial charge on any atom is -0.489 e. The molecule has 3 heteroatoms. The molecule has 2 rings (SSSR count). The highest BCUT2D eigenvalue weighted by molar-refractivity contribution is 5.44. The van der Waals surface area contributed by atoms with Gasteiger partial charge in [0.05, 0.1) is 6.10 Å². The Balaban J connectivity index is 1.82. The van der Waals surface area contributed by atoms with Gasteiger partial charge in [0.25, 0.3) is 0 Å². The van der Waals surface area contributed by atoms with E-state index < -0.39 is 0 Å². The minimum atomic E-state index is -0.105. The molecule has 1 aromatic carbocycles. The molecular weight excluding hydrogens is 300 g/mol. The first-order valence-electron chi connectivity index (χ1n) is 8.94. The molecule has 1 heterocycles. The SMILES string of the molecule is COC(CC/C(C)=C/COc1ccc2c(c1)OC(C)(C)C2)C(C)C. The predicted molar refractivity (Wildman–Crippen MR) is 99.0 cm³/mol. The van der Waals surface area contributed by atoms with Crippen LogP contribution in [0.15, 0.2) is 29.8 Å². The number of rotatable bonds is 8. The average molecular weight is 332 g/mol. The van der Waals surface area contributed by atoms with Crippen LogP contribution < -0.4 is 9.47 Å². The summed E-state index contributed by atoms with van der Waals surface area (Å²) in [7, 11) is 1.80. The van der Waals surface area contributed by atoms with E-state index in [-0.39, 0.29) is 5.60 Å². The molecule has 1 aliphatic rings. The van der Waals surface area contributed by atoms with Gasteiger partial charge in [-0.25, -0.2) is 0 Å². The van der Waals surface area contributed by atoms with Crippen LogP contribution in [0.25, 0.3) is 0 Å². The van der Waals surface area contributed by atoms with E-state index in [0.717, 1.165) is 30.8 Å².